The summed E-state index contributed by atoms with van der Waals surface area (Å²) < 4.78 is 5.71. The SMILES string of the molecule is Cc1ccccc1SCCOc1ccc(CN)cc1. The number of hydrogen-bond donors (Lipinski definition) is 1. The van der Waals surface area contributed by atoms with E-state index in [1.165, 1.54) is 10.5 Å². The van der Waals surface area contributed by atoms with E-state index in [1.54, 1.807) is 0 Å². The van der Waals surface area contributed by atoms with Gasteiger partial charge in [0.25, 0.3) is 0 Å². The van der Waals surface area contributed by atoms with Crippen LogP contribution in [0.3, 0.4) is 0 Å². The summed E-state index contributed by atoms with van der Waals surface area (Å²) in [5.74, 6) is 1.85. The summed E-state index contributed by atoms with van der Waals surface area (Å²) in [7, 11) is 0. The third-order valence-electron chi connectivity index (χ3n) is 2.86. The Morgan fingerprint density at radius 2 is 1.79 bits per heavy atom. The lowest BCUT2D eigenvalue weighted by Gasteiger charge is -2.08. The van der Waals surface area contributed by atoms with E-state index in [0.29, 0.717) is 13.2 Å². The molecule has 0 aliphatic carbocycles. The van der Waals surface area contributed by atoms with Crippen LogP contribution in [0.15, 0.2) is 53.4 Å². The Balaban J connectivity index is 1.76. The van der Waals surface area contributed by atoms with Crippen molar-refractivity contribution < 1.29 is 4.74 Å². The van der Waals surface area contributed by atoms with Crippen LogP contribution in [0.25, 0.3) is 0 Å². The average molecular weight is 273 g/mol. The highest BCUT2D eigenvalue weighted by Crippen LogP contribution is 2.21. The summed E-state index contributed by atoms with van der Waals surface area (Å²) in [6.45, 7) is 3.42. The van der Waals surface area contributed by atoms with Crippen molar-refractivity contribution in [3.05, 3.63) is 59.7 Å². The Kier molecular flexibility index (Phi) is 5.31. The van der Waals surface area contributed by atoms with Gasteiger partial charge >= 0.3 is 0 Å². The molecule has 0 radical (unpaired) electrons. The van der Waals surface area contributed by atoms with Crippen LogP contribution in [-0.4, -0.2) is 12.4 Å². The van der Waals surface area contributed by atoms with Crippen LogP contribution in [0, 0.1) is 6.92 Å². The van der Waals surface area contributed by atoms with Gasteiger partial charge in [-0.15, -0.1) is 11.8 Å². The van der Waals surface area contributed by atoms with Crippen molar-refractivity contribution in [1.82, 2.24) is 0 Å². The van der Waals surface area contributed by atoms with Gasteiger partial charge in [0.2, 0.25) is 0 Å². The number of aryl methyl sites for hydroxylation is 1. The summed E-state index contributed by atoms with van der Waals surface area (Å²) >= 11 is 1.83. The molecule has 0 atom stereocenters. The second-order valence-corrected chi connectivity index (χ2v) is 5.45. The molecule has 0 aliphatic heterocycles. The van der Waals surface area contributed by atoms with Gasteiger partial charge in [0.1, 0.15) is 5.75 Å². The van der Waals surface area contributed by atoms with Gasteiger partial charge in [-0.2, -0.15) is 0 Å². The molecule has 2 aromatic rings. The van der Waals surface area contributed by atoms with Gasteiger partial charge in [0, 0.05) is 17.2 Å². The van der Waals surface area contributed by atoms with E-state index in [9.17, 15) is 0 Å². The molecule has 0 amide bonds. The van der Waals surface area contributed by atoms with Crippen molar-refractivity contribution in [2.75, 3.05) is 12.4 Å². The molecule has 0 aromatic heterocycles. The summed E-state index contributed by atoms with van der Waals surface area (Å²) in [4.78, 5) is 1.32. The zero-order valence-electron chi connectivity index (χ0n) is 11.1. The fourth-order valence-corrected chi connectivity index (χ4v) is 2.61. The Bertz CT molecular complexity index is 510. The lowest BCUT2D eigenvalue weighted by Crippen LogP contribution is -2.01. The van der Waals surface area contributed by atoms with Crippen LogP contribution in [0.4, 0.5) is 0 Å². The highest BCUT2D eigenvalue weighted by atomic mass is 32.2. The molecule has 0 aliphatic rings. The van der Waals surface area contributed by atoms with Crippen LogP contribution >= 0.6 is 11.8 Å². The molecule has 2 N–H and O–H groups in total. The van der Waals surface area contributed by atoms with Crippen molar-refractivity contribution in [3.8, 4) is 5.75 Å². The highest BCUT2D eigenvalue weighted by Gasteiger charge is 1.98. The number of ether oxygens (including phenoxy) is 1. The first-order valence-corrected chi connectivity index (χ1v) is 7.38. The topological polar surface area (TPSA) is 35.2 Å². The zero-order chi connectivity index (χ0) is 13.5. The Morgan fingerprint density at radius 3 is 2.47 bits per heavy atom. The van der Waals surface area contributed by atoms with Gasteiger partial charge in [-0.3, -0.25) is 0 Å². The van der Waals surface area contributed by atoms with Gasteiger partial charge in [-0.25, -0.2) is 0 Å². The molecule has 0 saturated heterocycles. The van der Waals surface area contributed by atoms with Crippen LogP contribution in [-0.2, 0) is 6.54 Å². The van der Waals surface area contributed by atoms with Crippen molar-refractivity contribution >= 4 is 11.8 Å². The second kappa shape index (κ2) is 7.22. The zero-order valence-corrected chi connectivity index (χ0v) is 12.0. The highest BCUT2D eigenvalue weighted by molar-refractivity contribution is 7.99. The summed E-state index contributed by atoms with van der Waals surface area (Å²) in [5, 5.41) is 0. The van der Waals surface area contributed by atoms with E-state index in [0.717, 1.165) is 17.1 Å². The summed E-state index contributed by atoms with van der Waals surface area (Å²) in [6.07, 6.45) is 0. The fourth-order valence-electron chi connectivity index (χ4n) is 1.75. The second-order valence-electron chi connectivity index (χ2n) is 4.31. The molecule has 0 bridgehead atoms. The standard InChI is InChI=1S/C16H19NOS/c1-13-4-2-3-5-16(13)19-11-10-18-15-8-6-14(12-17)7-9-15/h2-9H,10-12,17H2,1H3. The van der Waals surface area contributed by atoms with E-state index >= 15 is 0 Å². The molecular formula is C16H19NOS. The maximum absolute atomic E-state index is 5.71. The maximum Gasteiger partial charge on any atom is 0.119 e. The molecule has 19 heavy (non-hydrogen) atoms. The van der Waals surface area contributed by atoms with Gasteiger partial charge in [-0.1, -0.05) is 30.3 Å². The van der Waals surface area contributed by atoms with Crippen LogP contribution in [0.5, 0.6) is 5.75 Å². The van der Waals surface area contributed by atoms with E-state index in [2.05, 4.69) is 31.2 Å². The van der Waals surface area contributed by atoms with Crippen LogP contribution in [0.1, 0.15) is 11.1 Å². The number of hydrogen-bond acceptors (Lipinski definition) is 3. The molecule has 3 heteroatoms. The number of nitrogens with two attached hydrogens (primary N) is 1. The predicted molar refractivity (Wildman–Crippen MR) is 81.7 cm³/mol. The summed E-state index contributed by atoms with van der Waals surface area (Å²) in [6, 6.07) is 16.4. The Hall–Kier alpha value is -1.45. The van der Waals surface area contributed by atoms with Crippen molar-refractivity contribution in [2.45, 2.75) is 18.4 Å². The van der Waals surface area contributed by atoms with Gasteiger partial charge in [-0.05, 0) is 36.2 Å². The first-order chi connectivity index (χ1) is 9.29. The predicted octanol–water partition coefficient (Wildman–Crippen LogP) is 3.62. The molecule has 0 fully saturated rings. The molecule has 0 spiro atoms. The maximum atomic E-state index is 5.71. The van der Waals surface area contributed by atoms with Crippen molar-refractivity contribution in [3.63, 3.8) is 0 Å². The molecule has 0 unspecified atom stereocenters. The van der Waals surface area contributed by atoms with Crippen molar-refractivity contribution in [1.29, 1.82) is 0 Å². The largest absolute Gasteiger partial charge is 0.493 e. The lowest BCUT2D eigenvalue weighted by atomic mass is 10.2. The minimum atomic E-state index is 0.573. The third-order valence-corrected chi connectivity index (χ3v) is 4.00. The van der Waals surface area contributed by atoms with E-state index in [4.69, 9.17) is 10.5 Å². The molecule has 2 rings (SSSR count). The molecular weight excluding hydrogens is 254 g/mol. The van der Waals surface area contributed by atoms with Gasteiger partial charge in [0.05, 0.1) is 6.61 Å². The quantitative estimate of drug-likeness (QED) is 0.645. The normalized spacial score (nSPS) is 10.4. The Labute approximate surface area is 119 Å². The first kappa shape index (κ1) is 14.0. The fraction of sp³-hybridized carbons (Fsp3) is 0.250. The van der Waals surface area contributed by atoms with Crippen LogP contribution in [0.2, 0.25) is 0 Å². The van der Waals surface area contributed by atoms with Crippen LogP contribution < -0.4 is 10.5 Å². The lowest BCUT2D eigenvalue weighted by molar-refractivity contribution is 0.344. The monoisotopic (exact) mass is 273 g/mol. The molecule has 0 saturated carbocycles. The molecule has 100 valence electrons. The molecule has 2 aromatic carbocycles. The van der Waals surface area contributed by atoms with Crippen molar-refractivity contribution in [2.24, 2.45) is 5.73 Å². The van der Waals surface area contributed by atoms with E-state index in [-0.39, 0.29) is 0 Å². The van der Waals surface area contributed by atoms with Gasteiger partial charge < -0.3 is 10.5 Å². The van der Waals surface area contributed by atoms with E-state index < -0.39 is 0 Å². The summed E-state index contributed by atoms with van der Waals surface area (Å²) in [5.41, 5.74) is 8.00. The van der Waals surface area contributed by atoms with Gasteiger partial charge in [0.15, 0.2) is 0 Å². The third kappa shape index (κ3) is 4.30. The number of rotatable bonds is 6. The molecule has 0 heterocycles. The smallest absolute Gasteiger partial charge is 0.119 e. The van der Waals surface area contributed by atoms with E-state index in [1.807, 2.05) is 36.0 Å². The first-order valence-electron chi connectivity index (χ1n) is 6.40. The Morgan fingerprint density at radius 1 is 1.05 bits per heavy atom. The minimum Gasteiger partial charge on any atom is -0.493 e. The number of thioether (sulfide) groups is 1. The number of benzene rings is 2. The average Bonchev–Trinajstić information content (AvgIpc) is 2.46. The molecule has 2 nitrogen and oxygen atoms in total. The minimum absolute atomic E-state index is 0.573.